The minimum atomic E-state index is -0.0690. The number of nitrogens with zero attached hydrogens (tertiary/aromatic N) is 6. The zero-order valence-corrected chi connectivity index (χ0v) is 16.8. The molecule has 0 saturated heterocycles. The summed E-state index contributed by atoms with van der Waals surface area (Å²) < 4.78 is 1.92. The van der Waals surface area contributed by atoms with Crippen molar-refractivity contribution in [2.75, 3.05) is 23.8 Å². The normalized spacial score (nSPS) is 13.1. The molecule has 1 aliphatic rings. The fourth-order valence-electron chi connectivity index (χ4n) is 3.52. The number of hydrogen-bond donors (Lipinski definition) is 2. The van der Waals surface area contributed by atoms with Gasteiger partial charge in [-0.2, -0.15) is 0 Å². The third-order valence-electron chi connectivity index (χ3n) is 4.90. The summed E-state index contributed by atoms with van der Waals surface area (Å²) in [5.41, 5.74) is 3.17. The molecule has 1 aliphatic heterocycles. The molecule has 0 fully saturated rings. The molecular weight excluding hydrogens is 368 g/mol. The fourth-order valence-corrected chi connectivity index (χ4v) is 3.52. The van der Waals surface area contributed by atoms with Gasteiger partial charge in [0.15, 0.2) is 5.82 Å². The van der Waals surface area contributed by atoms with E-state index in [0.29, 0.717) is 41.8 Å². The van der Waals surface area contributed by atoms with Gasteiger partial charge in [0.25, 0.3) is 5.91 Å². The first-order chi connectivity index (χ1) is 14.2. The Hall–Kier alpha value is -3.33. The standard InChI is InChI=1S/C20H24N8O/c1-4-22-17-9-13-14(16(24-17)10-21-3)11-28(20(13)29)18-8-6-7-15(25-18)19-26-23-12-27(19)5-2/h6-9,12,21H,4-5,10-11H2,1-3H3,(H,22,24). The van der Waals surface area contributed by atoms with Crippen molar-refractivity contribution in [3.05, 3.63) is 47.4 Å². The van der Waals surface area contributed by atoms with E-state index in [1.54, 1.807) is 11.2 Å². The Morgan fingerprint density at radius 2 is 2.07 bits per heavy atom. The minimum absolute atomic E-state index is 0.0690. The monoisotopic (exact) mass is 392 g/mol. The summed E-state index contributed by atoms with van der Waals surface area (Å²) in [5, 5.41) is 14.5. The van der Waals surface area contributed by atoms with Crippen LogP contribution < -0.4 is 15.5 Å². The van der Waals surface area contributed by atoms with Crippen LogP contribution in [0, 0.1) is 0 Å². The molecule has 2 N–H and O–H groups in total. The van der Waals surface area contributed by atoms with Crippen molar-refractivity contribution in [1.82, 2.24) is 30.0 Å². The van der Waals surface area contributed by atoms with E-state index >= 15 is 0 Å². The van der Waals surface area contributed by atoms with E-state index in [2.05, 4.69) is 25.8 Å². The van der Waals surface area contributed by atoms with E-state index in [-0.39, 0.29) is 5.91 Å². The molecule has 3 aromatic rings. The van der Waals surface area contributed by atoms with Gasteiger partial charge in [0, 0.05) is 25.2 Å². The highest BCUT2D eigenvalue weighted by Crippen LogP contribution is 2.31. The van der Waals surface area contributed by atoms with Crippen molar-refractivity contribution in [2.45, 2.75) is 33.5 Å². The molecule has 4 rings (SSSR count). The van der Waals surface area contributed by atoms with Crippen LogP contribution in [0.4, 0.5) is 11.6 Å². The minimum Gasteiger partial charge on any atom is -0.370 e. The maximum absolute atomic E-state index is 13.2. The Balaban J connectivity index is 1.71. The van der Waals surface area contributed by atoms with Crippen LogP contribution in [0.5, 0.6) is 0 Å². The maximum atomic E-state index is 13.2. The van der Waals surface area contributed by atoms with Crippen molar-refractivity contribution in [2.24, 2.45) is 0 Å². The van der Waals surface area contributed by atoms with Crippen LogP contribution in [0.15, 0.2) is 30.6 Å². The van der Waals surface area contributed by atoms with Crippen LogP contribution in [0.1, 0.15) is 35.5 Å². The highest BCUT2D eigenvalue weighted by Gasteiger charge is 2.32. The number of rotatable bonds is 7. The molecule has 150 valence electrons. The summed E-state index contributed by atoms with van der Waals surface area (Å²) in [6.07, 6.45) is 1.68. The topological polar surface area (TPSA) is 101 Å². The number of aromatic nitrogens is 5. The lowest BCUT2D eigenvalue weighted by Crippen LogP contribution is -2.24. The zero-order valence-electron chi connectivity index (χ0n) is 16.8. The molecule has 0 spiro atoms. The first-order valence-electron chi connectivity index (χ1n) is 9.74. The number of aryl methyl sites for hydroxylation is 1. The predicted octanol–water partition coefficient (Wildman–Crippen LogP) is 2.07. The molecule has 3 aromatic heterocycles. The summed E-state index contributed by atoms with van der Waals surface area (Å²) in [4.78, 5) is 24.3. The van der Waals surface area contributed by atoms with Crippen LogP contribution in [0.3, 0.4) is 0 Å². The number of carbonyl (C=O) groups is 1. The molecule has 0 aliphatic carbocycles. The Morgan fingerprint density at radius 1 is 1.21 bits per heavy atom. The third kappa shape index (κ3) is 3.44. The number of anilines is 2. The average Bonchev–Trinajstić information content (AvgIpc) is 3.34. The third-order valence-corrected chi connectivity index (χ3v) is 4.90. The Bertz CT molecular complexity index is 1040. The molecule has 0 saturated carbocycles. The van der Waals surface area contributed by atoms with Crippen LogP contribution in [0.2, 0.25) is 0 Å². The molecule has 0 radical (unpaired) electrons. The van der Waals surface area contributed by atoms with Crippen LogP contribution in [-0.2, 0) is 19.6 Å². The summed E-state index contributed by atoms with van der Waals surface area (Å²) in [6.45, 7) is 6.55. The van der Waals surface area contributed by atoms with Gasteiger partial charge in [-0.15, -0.1) is 10.2 Å². The van der Waals surface area contributed by atoms with Crippen LogP contribution in [-0.4, -0.2) is 44.2 Å². The van der Waals surface area contributed by atoms with Gasteiger partial charge in [-0.05, 0) is 39.1 Å². The number of nitrogens with one attached hydrogen (secondary N) is 2. The van der Waals surface area contributed by atoms with Crippen LogP contribution in [0.25, 0.3) is 11.5 Å². The first kappa shape index (κ1) is 19.0. The van der Waals surface area contributed by atoms with Gasteiger partial charge >= 0.3 is 0 Å². The van der Waals surface area contributed by atoms with E-state index in [4.69, 9.17) is 4.98 Å². The highest BCUT2D eigenvalue weighted by molar-refractivity contribution is 6.10. The summed E-state index contributed by atoms with van der Waals surface area (Å²) in [5.74, 6) is 1.92. The number of fused-ring (bicyclic) bond motifs is 1. The molecule has 1 amide bonds. The van der Waals surface area contributed by atoms with E-state index in [9.17, 15) is 4.79 Å². The van der Waals surface area contributed by atoms with Gasteiger partial charge in [0.05, 0.1) is 17.8 Å². The van der Waals surface area contributed by atoms with Crippen LogP contribution >= 0.6 is 0 Å². The quantitative estimate of drug-likeness (QED) is 0.635. The summed E-state index contributed by atoms with van der Waals surface area (Å²) >= 11 is 0. The van der Waals surface area contributed by atoms with E-state index in [0.717, 1.165) is 24.3 Å². The number of amides is 1. The van der Waals surface area contributed by atoms with E-state index < -0.39 is 0 Å². The molecular formula is C20H24N8O. The summed E-state index contributed by atoms with van der Waals surface area (Å²) in [6, 6.07) is 7.44. The molecule has 0 atom stereocenters. The van der Waals surface area contributed by atoms with Gasteiger partial charge in [-0.3, -0.25) is 9.69 Å². The lowest BCUT2D eigenvalue weighted by molar-refractivity contribution is 0.0996. The second kappa shape index (κ2) is 7.96. The molecule has 9 heteroatoms. The SMILES string of the molecule is CCNc1cc2c(c(CNC)n1)CN(c1cccc(-c3nncn3CC)n1)C2=O. The van der Waals surface area contributed by atoms with Crippen molar-refractivity contribution in [3.63, 3.8) is 0 Å². The zero-order chi connectivity index (χ0) is 20.4. The van der Waals surface area contributed by atoms with Crippen molar-refractivity contribution in [1.29, 1.82) is 0 Å². The van der Waals surface area contributed by atoms with Gasteiger partial charge in [-0.1, -0.05) is 6.07 Å². The highest BCUT2D eigenvalue weighted by atomic mass is 16.2. The number of hydrogen-bond acceptors (Lipinski definition) is 7. The lowest BCUT2D eigenvalue weighted by atomic mass is 10.1. The second-order valence-corrected chi connectivity index (χ2v) is 6.75. The van der Waals surface area contributed by atoms with Gasteiger partial charge in [-0.25, -0.2) is 9.97 Å². The smallest absolute Gasteiger partial charge is 0.260 e. The first-order valence-corrected chi connectivity index (χ1v) is 9.74. The van der Waals surface area contributed by atoms with Crippen molar-refractivity contribution < 1.29 is 4.79 Å². The molecule has 4 heterocycles. The molecule has 9 nitrogen and oxygen atoms in total. The molecule has 0 aromatic carbocycles. The van der Waals surface area contributed by atoms with E-state index in [1.807, 2.05) is 49.7 Å². The molecule has 0 unspecified atom stereocenters. The molecule has 0 bridgehead atoms. The van der Waals surface area contributed by atoms with E-state index in [1.165, 1.54) is 0 Å². The predicted molar refractivity (Wildman–Crippen MR) is 111 cm³/mol. The number of carbonyl (C=O) groups excluding carboxylic acids is 1. The Kier molecular flexibility index (Phi) is 5.22. The second-order valence-electron chi connectivity index (χ2n) is 6.75. The average molecular weight is 392 g/mol. The lowest BCUT2D eigenvalue weighted by Gasteiger charge is -2.15. The van der Waals surface area contributed by atoms with Gasteiger partial charge in [0.1, 0.15) is 23.7 Å². The fraction of sp³-hybridized carbons (Fsp3) is 0.350. The Labute approximate surface area is 169 Å². The number of pyridine rings is 2. The Morgan fingerprint density at radius 3 is 2.83 bits per heavy atom. The van der Waals surface area contributed by atoms with Gasteiger partial charge < -0.3 is 15.2 Å². The van der Waals surface area contributed by atoms with Crippen molar-refractivity contribution in [3.8, 4) is 11.5 Å². The van der Waals surface area contributed by atoms with Crippen molar-refractivity contribution >= 4 is 17.5 Å². The summed E-state index contributed by atoms with van der Waals surface area (Å²) in [7, 11) is 1.87. The maximum Gasteiger partial charge on any atom is 0.260 e. The molecule has 29 heavy (non-hydrogen) atoms. The largest absolute Gasteiger partial charge is 0.370 e. The van der Waals surface area contributed by atoms with Gasteiger partial charge in [0.2, 0.25) is 0 Å².